The van der Waals surface area contributed by atoms with Gasteiger partial charge in [0.25, 0.3) is 5.91 Å². The molecule has 0 saturated heterocycles. The zero-order valence-corrected chi connectivity index (χ0v) is 18.9. The third kappa shape index (κ3) is 4.73. The number of amides is 1. The molecule has 7 nitrogen and oxygen atoms in total. The number of carbonyl (C=O) groups is 1. The molecule has 0 aliphatic carbocycles. The van der Waals surface area contributed by atoms with Gasteiger partial charge in [-0.3, -0.25) is 9.48 Å². The number of ether oxygens (including phenoxy) is 1. The summed E-state index contributed by atoms with van der Waals surface area (Å²) in [6, 6.07) is 13.6. The summed E-state index contributed by atoms with van der Waals surface area (Å²) in [4.78, 5) is 17.9. The van der Waals surface area contributed by atoms with Crippen LogP contribution in [0.3, 0.4) is 0 Å². The van der Waals surface area contributed by atoms with E-state index in [1.807, 2.05) is 56.4 Å². The minimum atomic E-state index is -0.130. The summed E-state index contributed by atoms with van der Waals surface area (Å²) in [5.74, 6) is 0.873. The topological polar surface area (TPSA) is 82.2 Å². The van der Waals surface area contributed by atoms with Gasteiger partial charge in [-0.25, -0.2) is 4.98 Å². The molecule has 1 aromatic carbocycles. The van der Waals surface area contributed by atoms with Crippen LogP contribution in [0.15, 0.2) is 53.1 Å². The van der Waals surface area contributed by atoms with Gasteiger partial charge < -0.3 is 14.5 Å². The maximum absolute atomic E-state index is 13.1. The van der Waals surface area contributed by atoms with Gasteiger partial charge in [0.2, 0.25) is 0 Å². The summed E-state index contributed by atoms with van der Waals surface area (Å²) in [6.07, 6.45) is 1.63. The monoisotopic (exact) mass is 432 g/mol. The van der Waals surface area contributed by atoms with Crippen molar-refractivity contribution in [3.63, 3.8) is 0 Å². The molecule has 0 saturated carbocycles. The molecular weight excluding hydrogens is 404 g/mol. The number of hydrogen-bond acceptors (Lipinski definition) is 5. The number of carbonyl (C=O) groups excluding carboxylic acids is 1. The third-order valence-corrected chi connectivity index (χ3v) is 5.36. The van der Waals surface area contributed by atoms with E-state index in [-0.39, 0.29) is 11.8 Å². The zero-order chi connectivity index (χ0) is 22.7. The molecule has 0 unspecified atom stereocenters. The Kier molecular flexibility index (Phi) is 6.37. The lowest BCUT2D eigenvalue weighted by atomic mass is 10.0. The van der Waals surface area contributed by atoms with E-state index in [2.05, 4.69) is 24.3 Å². The molecule has 0 atom stereocenters. The molecule has 0 aliphatic heterocycles. The molecule has 0 radical (unpaired) electrons. The Bertz CT molecular complexity index is 1230. The van der Waals surface area contributed by atoms with Crippen LogP contribution in [0.4, 0.5) is 0 Å². The summed E-state index contributed by atoms with van der Waals surface area (Å²) in [7, 11) is 1.85. The van der Waals surface area contributed by atoms with Crippen molar-refractivity contribution in [2.45, 2.75) is 46.4 Å². The number of aromatic nitrogens is 3. The van der Waals surface area contributed by atoms with Gasteiger partial charge in [-0.15, -0.1) is 0 Å². The minimum absolute atomic E-state index is 0.130. The minimum Gasteiger partial charge on any atom is -0.467 e. The number of fused-ring (bicyclic) bond motifs is 1. The number of nitrogens with zero attached hydrogens (tertiary/aromatic N) is 3. The molecule has 1 N–H and O–H groups in total. The molecule has 7 heteroatoms. The summed E-state index contributed by atoms with van der Waals surface area (Å²) in [5, 5.41) is 8.32. The number of benzene rings is 1. The number of nitrogens with one attached hydrogen (secondary N) is 1. The van der Waals surface area contributed by atoms with Crippen LogP contribution in [0.25, 0.3) is 11.0 Å². The lowest BCUT2D eigenvalue weighted by Crippen LogP contribution is -2.23. The Hall–Kier alpha value is -3.45. The standard InChI is InChI=1S/C25H28N4O3/c1-16(2)22-12-21(23-17(3)28-29(4)24(23)27-22)25(30)26-13-18-7-5-8-19(11-18)14-31-15-20-9-6-10-32-20/h5-12,16H,13-15H2,1-4H3,(H,26,30). The second kappa shape index (κ2) is 9.36. The Morgan fingerprint density at radius 1 is 1.16 bits per heavy atom. The fraction of sp³-hybridized carbons (Fsp3) is 0.320. The van der Waals surface area contributed by atoms with Gasteiger partial charge >= 0.3 is 0 Å². The normalized spacial score (nSPS) is 11.4. The van der Waals surface area contributed by atoms with Gasteiger partial charge in [-0.05, 0) is 42.2 Å². The van der Waals surface area contributed by atoms with Crippen LogP contribution in [-0.2, 0) is 31.5 Å². The average Bonchev–Trinajstić information content (AvgIpc) is 3.39. The van der Waals surface area contributed by atoms with E-state index < -0.39 is 0 Å². The molecule has 4 rings (SSSR count). The van der Waals surface area contributed by atoms with Gasteiger partial charge in [0.05, 0.1) is 29.5 Å². The highest BCUT2D eigenvalue weighted by Gasteiger charge is 2.19. The predicted octanol–water partition coefficient (Wildman–Crippen LogP) is 4.64. The van der Waals surface area contributed by atoms with E-state index in [0.717, 1.165) is 39.3 Å². The van der Waals surface area contributed by atoms with Crippen molar-refractivity contribution in [1.82, 2.24) is 20.1 Å². The molecule has 0 bridgehead atoms. The van der Waals surface area contributed by atoms with Crippen molar-refractivity contribution in [1.29, 1.82) is 0 Å². The lowest BCUT2D eigenvalue weighted by molar-refractivity contribution is 0.0928. The van der Waals surface area contributed by atoms with Gasteiger partial charge in [-0.2, -0.15) is 5.10 Å². The Morgan fingerprint density at radius 3 is 2.72 bits per heavy atom. The van der Waals surface area contributed by atoms with Gasteiger partial charge in [-0.1, -0.05) is 38.1 Å². The lowest BCUT2D eigenvalue weighted by Gasteiger charge is -2.11. The van der Waals surface area contributed by atoms with Crippen molar-refractivity contribution in [3.8, 4) is 0 Å². The SMILES string of the molecule is Cc1nn(C)c2nc(C(C)C)cc(C(=O)NCc3cccc(COCc4ccco4)c3)c12. The highest BCUT2D eigenvalue weighted by Crippen LogP contribution is 2.25. The first-order valence-corrected chi connectivity index (χ1v) is 10.7. The number of pyridine rings is 1. The summed E-state index contributed by atoms with van der Waals surface area (Å²) < 4.78 is 12.7. The summed E-state index contributed by atoms with van der Waals surface area (Å²) in [6.45, 7) is 7.36. The Morgan fingerprint density at radius 2 is 1.97 bits per heavy atom. The molecular formula is C25H28N4O3. The highest BCUT2D eigenvalue weighted by molar-refractivity contribution is 6.06. The number of aryl methyl sites for hydroxylation is 2. The van der Waals surface area contributed by atoms with E-state index >= 15 is 0 Å². The maximum atomic E-state index is 13.1. The summed E-state index contributed by atoms with van der Waals surface area (Å²) >= 11 is 0. The predicted molar refractivity (Wildman–Crippen MR) is 122 cm³/mol. The largest absolute Gasteiger partial charge is 0.467 e. The first-order valence-electron chi connectivity index (χ1n) is 10.7. The van der Waals surface area contributed by atoms with Crippen LogP contribution in [0.5, 0.6) is 0 Å². The summed E-state index contributed by atoms with van der Waals surface area (Å²) in [5.41, 5.74) is 5.07. The van der Waals surface area contributed by atoms with Crippen molar-refractivity contribution in [3.05, 3.63) is 82.6 Å². The van der Waals surface area contributed by atoms with E-state index in [1.165, 1.54) is 0 Å². The first-order chi connectivity index (χ1) is 15.4. The van der Waals surface area contributed by atoms with Crippen molar-refractivity contribution in [2.75, 3.05) is 0 Å². The van der Waals surface area contributed by atoms with E-state index in [4.69, 9.17) is 14.1 Å². The fourth-order valence-corrected chi connectivity index (χ4v) is 3.71. The molecule has 32 heavy (non-hydrogen) atoms. The average molecular weight is 433 g/mol. The van der Waals surface area contributed by atoms with Gasteiger partial charge in [0.15, 0.2) is 5.65 Å². The van der Waals surface area contributed by atoms with Crippen LogP contribution in [0.2, 0.25) is 0 Å². The fourth-order valence-electron chi connectivity index (χ4n) is 3.71. The molecule has 4 aromatic rings. The van der Waals surface area contributed by atoms with Crippen LogP contribution < -0.4 is 5.32 Å². The molecule has 0 aliphatic rings. The Labute approximate surface area is 187 Å². The second-order valence-corrected chi connectivity index (χ2v) is 8.23. The van der Waals surface area contributed by atoms with Crippen LogP contribution in [0.1, 0.15) is 58.4 Å². The van der Waals surface area contributed by atoms with E-state index in [1.54, 1.807) is 10.9 Å². The molecule has 1 amide bonds. The quantitative estimate of drug-likeness (QED) is 0.439. The van der Waals surface area contributed by atoms with E-state index in [0.29, 0.717) is 25.3 Å². The van der Waals surface area contributed by atoms with Gasteiger partial charge in [0.1, 0.15) is 12.4 Å². The van der Waals surface area contributed by atoms with E-state index in [9.17, 15) is 4.79 Å². The number of hydrogen-bond donors (Lipinski definition) is 1. The van der Waals surface area contributed by atoms with Gasteiger partial charge in [0, 0.05) is 19.3 Å². The molecule has 3 heterocycles. The Balaban J connectivity index is 1.46. The number of rotatable bonds is 8. The molecule has 3 aromatic heterocycles. The van der Waals surface area contributed by atoms with Crippen LogP contribution in [0, 0.1) is 6.92 Å². The van der Waals surface area contributed by atoms with Crippen LogP contribution in [-0.4, -0.2) is 20.7 Å². The second-order valence-electron chi connectivity index (χ2n) is 8.23. The third-order valence-electron chi connectivity index (χ3n) is 5.36. The highest BCUT2D eigenvalue weighted by atomic mass is 16.5. The van der Waals surface area contributed by atoms with Crippen LogP contribution >= 0.6 is 0 Å². The molecule has 166 valence electrons. The molecule has 0 fully saturated rings. The van der Waals surface area contributed by atoms with Crippen molar-refractivity contribution < 1.29 is 13.9 Å². The first kappa shape index (κ1) is 21.8. The smallest absolute Gasteiger partial charge is 0.252 e. The maximum Gasteiger partial charge on any atom is 0.252 e. The van der Waals surface area contributed by atoms with Crippen molar-refractivity contribution >= 4 is 16.9 Å². The van der Waals surface area contributed by atoms with Crippen molar-refractivity contribution in [2.24, 2.45) is 7.05 Å². The molecule has 0 spiro atoms. The zero-order valence-electron chi connectivity index (χ0n) is 18.9. The number of furan rings is 1.